The zero-order valence-electron chi connectivity index (χ0n) is 10.3. The van der Waals surface area contributed by atoms with Crippen LogP contribution in [0.4, 0.5) is 0 Å². The molecule has 0 amide bonds. The summed E-state index contributed by atoms with van der Waals surface area (Å²) in [5.41, 5.74) is -0.600. The van der Waals surface area contributed by atoms with E-state index in [4.69, 9.17) is 0 Å². The van der Waals surface area contributed by atoms with Crippen molar-refractivity contribution in [1.82, 2.24) is 5.32 Å². The Morgan fingerprint density at radius 3 is 2.53 bits per heavy atom. The molecule has 0 radical (unpaired) electrons. The fraction of sp³-hybridized carbons (Fsp3) is 1.00. The highest BCUT2D eigenvalue weighted by Gasteiger charge is 2.39. The third-order valence-electron chi connectivity index (χ3n) is 4.63. The highest BCUT2D eigenvalue weighted by Crippen LogP contribution is 2.47. The van der Waals surface area contributed by atoms with E-state index >= 15 is 0 Å². The molecule has 2 heteroatoms. The van der Waals surface area contributed by atoms with Gasteiger partial charge in [0.05, 0.1) is 5.60 Å². The Morgan fingerprint density at radius 2 is 2.07 bits per heavy atom. The van der Waals surface area contributed by atoms with E-state index in [1.165, 1.54) is 25.7 Å². The highest BCUT2D eigenvalue weighted by atomic mass is 16.3. The van der Waals surface area contributed by atoms with Crippen LogP contribution in [0.2, 0.25) is 0 Å². The van der Waals surface area contributed by atoms with Crippen molar-refractivity contribution in [3.8, 4) is 0 Å². The molecule has 88 valence electrons. The second-order valence-electron chi connectivity index (χ2n) is 6.22. The maximum atomic E-state index is 9.83. The van der Waals surface area contributed by atoms with E-state index < -0.39 is 5.60 Å². The van der Waals surface area contributed by atoms with Gasteiger partial charge in [-0.05, 0) is 64.3 Å². The van der Waals surface area contributed by atoms with E-state index in [0.717, 1.165) is 24.3 Å². The Bertz CT molecular complexity index is 221. The van der Waals surface area contributed by atoms with Gasteiger partial charge in [0, 0.05) is 6.04 Å². The van der Waals surface area contributed by atoms with Gasteiger partial charge < -0.3 is 10.4 Å². The predicted octanol–water partition coefficient (Wildman–Crippen LogP) is 2.17. The molecule has 2 saturated carbocycles. The molecule has 0 aliphatic heterocycles. The molecule has 2 aliphatic rings. The normalized spacial score (nSPS) is 37.2. The average Bonchev–Trinajstić information content (AvgIpc) is 2.73. The lowest BCUT2D eigenvalue weighted by molar-refractivity contribution is 0.0418. The van der Waals surface area contributed by atoms with Crippen molar-refractivity contribution in [3.05, 3.63) is 0 Å². The molecular formula is C13H25NO. The van der Waals surface area contributed by atoms with Crippen LogP contribution in [0.15, 0.2) is 0 Å². The number of rotatable bonds is 4. The fourth-order valence-corrected chi connectivity index (χ4v) is 3.20. The topological polar surface area (TPSA) is 32.3 Å². The average molecular weight is 211 g/mol. The summed E-state index contributed by atoms with van der Waals surface area (Å²) < 4.78 is 0. The van der Waals surface area contributed by atoms with Gasteiger partial charge >= 0.3 is 0 Å². The maximum absolute atomic E-state index is 9.83. The quantitative estimate of drug-likeness (QED) is 0.747. The number of hydrogen-bond donors (Lipinski definition) is 2. The van der Waals surface area contributed by atoms with Gasteiger partial charge in [0.15, 0.2) is 0 Å². The molecule has 2 aliphatic carbocycles. The van der Waals surface area contributed by atoms with Gasteiger partial charge in [0.25, 0.3) is 0 Å². The molecule has 4 atom stereocenters. The Hall–Kier alpha value is -0.0800. The van der Waals surface area contributed by atoms with Crippen LogP contribution in [-0.4, -0.2) is 23.3 Å². The summed E-state index contributed by atoms with van der Waals surface area (Å²) >= 11 is 0. The number of hydrogen-bond acceptors (Lipinski definition) is 2. The number of fused-ring (bicyclic) bond motifs is 2. The summed E-state index contributed by atoms with van der Waals surface area (Å²) in [5, 5.41) is 13.3. The van der Waals surface area contributed by atoms with Gasteiger partial charge in [-0.25, -0.2) is 0 Å². The standard InChI is InChI=1S/C13H25NO/c1-9(13(2,3)15)14-8-12-7-10-4-5-11(12)6-10/h9-12,14-15H,4-8H2,1-3H3. The van der Waals surface area contributed by atoms with Gasteiger partial charge in [-0.3, -0.25) is 0 Å². The van der Waals surface area contributed by atoms with Gasteiger partial charge in [0.2, 0.25) is 0 Å². The molecule has 2 rings (SSSR count). The molecule has 2 bridgehead atoms. The maximum Gasteiger partial charge on any atom is 0.0741 e. The Balaban J connectivity index is 1.75. The summed E-state index contributed by atoms with van der Waals surface area (Å²) in [6.07, 6.45) is 5.83. The molecule has 2 nitrogen and oxygen atoms in total. The van der Waals surface area contributed by atoms with Crippen molar-refractivity contribution in [2.75, 3.05) is 6.54 Å². The summed E-state index contributed by atoms with van der Waals surface area (Å²) in [6.45, 7) is 6.94. The molecule has 2 N–H and O–H groups in total. The first kappa shape index (κ1) is 11.4. The van der Waals surface area contributed by atoms with Crippen molar-refractivity contribution in [2.45, 2.75) is 58.1 Å². The predicted molar refractivity (Wildman–Crippen MR) is 62.7 cm³/mol. The summed E-state index contributed by atoms with van der Waals surface area (Å²) in [6, 6.07) is 0.191. The van der Waals surface area contributed by atoms with Crippen LogP contribution in [0, 0.1) is 17.8 Å². The summed E-state index contributed by atoms with van der Waals surface area (Å²) in [7, 11) is 0. The van der Waals surface area contributed by atoms with Gasteiger partial charge in [-0.1, -0.05) is 6.42 Å². The number of nitrogens with one attached hydrogen (secondary N) is 1. The third kappa shape index (κ3) is 2.54. The minimum atomic E-state index is -0.600. The molecule has 2 fully saturated rings. The van der Waals surface area contributed by atoms with Gasteiger partial charge in [0.1, 0.15) is 0 Å². The second kappa shape index (κ2) is 4.06. The van der Waals surface area contributed by atoms with Crippen molar-refractivity contribution in [2.24, 2.45) is 17.8 Å². The first-order chi connectivity index (χ1) is 6.97. The van der Waals surface area contributed by atoms with E-state index in [9.17, 15) is 5.11 Å². The highest BCUT2D eigenvalue weighted by molar-refractivity contribution is 4.92. The van der Waals surface area contributed by atoms with Crippen molar-refractivity contribution in [3.63, 3.8) is 0 Å². The van der Waals surface area contributed by atoms with Crippen molar-refractivity contribution < 1.29 is 5.11 Å². The number of aliphatic hydroxyl groups is 1. The zero-order chi connectivity index (χ0) is 11.1. The van der Waals surface area contributed by atoms with Gasteiger partial charge in [-0.2, -0.15) is 0 Å². The van der Waals surface area contributed by atoms with Gasteiger partial charge in [-0.15, -0.1) is 0 Å². The third-order valence-corrected chi connectivity index (χ3v) is 4.63. The van der Waals surface area contributed by atoms with Crippen LogP contribution in [0.25, 0.3) is 0 Å². The van der Waals surface area contributed by atoms with Crippen LogP contribution in [-0.2, 0) is 0 Å². The lowest BCUT2D eigenvalue weighted by Gasteiger charge is -2.30. The molecule has 0 aromatic heterocycles. The zero-order valence-corrected chi connectivity index (χ0v) is 10.3. The summed E-state index contributed by atoms with van der Waals surface area (Å²) in [4.78, 5) is 0. The molecule has 15 heavy (non-hydrogen) atoms. The van der Waals surface area contributed by atoms with E-state index in [1.807, 2.05) is 13.8 Å². The molecule has 0 heterocycles. The Kier molecular flexibility index (Phi) is 3.09. The lowest BCUT2D eigenvalue weighted by atomic mass is 9.88. The smallest absolute Gasteiger partial charge is 0.0741 e. The van der Waals surface area contributed by atoms with E-state index in [2.05, 4.69) is 12.2 Å². The Morgan fingerprint density at radius 1 is 1.33 bits per heavy atom. The fourth-order valence-electron chi connectivity index (χ4n) is 3.20. The van der Waals surface area contributed by atoms with Crippen LogP contribution < -0.4 is 5.32 Å². The molecule has 0 aromatic rings. The first-order valence-electron chi connectivity index (χ1n) is 6.42. The van der Waals surface area contributed by atoms with Crippen molar-refractivity contribution in [1.29, 1.82) is 0 Å². The first-order valence-corrected chi connectivity index (χ1v) is 6.42. The molecule has 0 saturated heterocycles. The largest absolute Gasteiger partial charge is 0.389 e. The van der Waals surface area contributed by atoms with Crippen LogP contribution >= 0.6 is 0 Å². The van der Waals surface area contributed by atoms with Crippen LogP contribution in [0.3, 0.4) is 0 Å². The minimum Gasteiger partial charge on any atom is -0.389 e. The van der Waals surface area contributed by atoms with E-state index in [-0.39, 0.29) is 6.04 Å². The minimum absolute atomic E-state index is 0.191. The summed E-state index contributed by atoms with van der Waals surface area (Å²) in [5.74, 6) is 2.89. The van der Waals surface area contributed by atoms with Crippen LogP contribution in [0.5, 0.6) is 0 Å². The van der Waals surface area contributed by atoms with E-state index in [1.54, 1.807) is 0 Å². The Labute approximate surface area is 93.5 Å². The van der Waals surface area contributed by atoms with Crippen molar-refractivity contribution >= 4 is 0 Å². The SMILES string of the molecule is CC(NCC1CC2CCC1C2)C(C)(C)O. The molecule has 0 aromatic carbocycles. The second-order valence-corrected chi connectivity index (χ2v) is 6.22. The lowest BCUT2D eigenvalue weighted by Crippen LogP contribution is -2.46. The van der Waals surface area contributed by atoms with Crippen LogP contribution in [0.1, 0.15) is 46.5 Å². The molecular weight excluding hydrogens is 186 g/mol. The monoisotopic (exact) mass is 211 g/mol. The molecule has 4 unspecified atom stereocenters. The molecule has 0 spiro atoms. The van der Waals surface area contributed by atoms with E-state index in [0.29, 0.717) is 0 Å².